The van der Waals surface area contributed by atoms with Crippen LogP contribution in [0.3, 0.4) is 0 Å². The Labute approximate surface area is 122 Å². The van der Waals surface area contributed by atoms with Gasteiger partial charge in [-0.05, 0) is 25.1 Å². The maximum atomic E-state index is 12.5. The molecule has 0 saturated heterocycles. The molecule has 0 unspecified atom stereocenters. The molecule has 0 saturated carbocycles. The number of para-hydroxylation sites is 2. The molecule has 0 aliphatic heterocycles. The maximum Gasteiger partial charge on any atom is 0.293 e. The van der Waals surface area contributed by atoms with Crippen LogP contribution in [0, 0.1) is 17.0 Å². The number of anilines is 1. The van der Waals surface area contributed by atoms with Crippen LogP contribution in [0.2, 0.25) is 0 Å². The van der Waals surface area contributed by atoms with Crippen LogP contribution >= 0.6 is 0 Å². The zero-order valence-corrected chi connectivity index (χ0v) is 12.4. The van der Waals surface area contributed by atoms with Crippen molar-refractivity contribution in [3.8, 4) is 0 Å². The first-order chi connectivity index (χ1) is 9.84. The van der Waals surface area contributed by atoms with Gasteiger partial charge in [-0.15, -0.1) is 0 Å². The van der Waals surface area contributed by atoms with E-state index in [9.17, 15) is 18.5 Å². The Hall–Kier alpha value is -2.41. The van der Waals surface area contributed by atoms with Gasteiger partial charge in [0.05, 0.1) is 9.82 Å². The smallest absolute Gasteiger partial charge is 0.262 e. The molecule has 0 aromatic heterocycles. The van der Waals surface area contributed by atoms with Gasteiger partial charge in [-0.3, -0.25) is 14.4 Å². The number of nitro groups is 1. The molecule has 0 amide bonds. The van der Waals surface area contributed by atoms with Gasteiger partial charge in [-0.1, -0.05) is 29.8 Å². The lowest BCUT2D eigenvalue weighted by Gasteiger charge is -2.19. The highest BCUT2D eigenvalue weighted by Crippen LogP contribution is 2.30. The van der Waals surface area contributed by atoms with E-state index in [1.165, 1.54) is 37.4 Å². The second-order valence-corrected chi connectivity index (χ2v) is 6.50. The van der Waals surface area contributed by atoms with Crippen LogP contribution < -0.4 is 4.31 Å². The molecular weight excluding hydrogens is 292 g/mol. The van der Waals surface area contributed by atoms with Gasteiger partial charge >= 0.3 is 0 Å². The fourth-order valence-corrected chi connectivity index (χ4v) is 3.09. The van der Waals surface area contributed by atoms with E-state index < -0.39 is 14.9 Å². The van der Waals surface area contributed by atoms with Crippen molar-refractivity contribution in [2.24, 2.45) is 0 Å². The van der Waals surface area contributed by atoms with Crippen LogP contribution in [0.4, 0.5) is 11.4 Å². The van der Waals surface area contributed by atoms with E-state index in [4.69, 9.17) is 0 Å². The van der Waals surface area contributed by atoms with Crippen LogP contribution in [0.5, 0.6) is 0 Å². The van der Waals surface area contributed by atoms with Gasteiger partial charge in [0.1, 0.15) is 5.69 Å². The van der Waals surface area contributed by atoms with Crippen molar-refractivity contribution in [1.82, 2.24) is 0 Å². The van der Waals surface area contributed by atoms with E-state index in [2.05, 4.69) is 0 Å². The molecule has 110 valence electrons. The monoisotopic (exact) mass is 306 g/mol. The summed E-state index contributed by atoms with van der Waals surface area (Å²) in [6, 6.07) is 12.1. The minimum absolute atomic E-state index is 0.0306. The summed E-state index contributed by atoms with van der Waals surface area (Å²) < 4.78 is 26.0. The van der Waals surface area contributed by atoms with Crippen molar-refractivity contribution in [2.75, 3.05) is 11.4 Å². The number of rotatable bonds is 4. The molecule has 0 aliphatic rings. The first-order valence-corrected chi connectivity index (χ1v) is 7.57. The number of hydrogen-bond donors (Lipinski definition) is 0. The van der Waals surface area contributed by atoms with Crippen molar-refractivity contribution in [2.45, 2.75) is 11.8 Å². The molecule has 6 nitrogen and oxygen atoms in total. The molecule has 2 aromatic rings. The first-order valence-electron chi connectivity index (χ1n) is 6.13. The molecule has 21 heavy (non-hydrogen) atoms. The van der Waals surface area contributed by atoms with Gasteiger partial charge in [-0.25, -0.2) is 8.42 Å². The molecule has 0 bridgehead atoms. The molecule has 0 heterocycles. The number of sulfonamides is 1. The molecule has 0 fully saturated rings. The standard InChI is InChI=1S/C14H14N2O4S/c1-11-7-9-12(10-8-11)21(19,20)15(2)13-5-3-4-6-14(13)16(17)18/h3-10H,1-2H3. The third-order valence-corrected chi connectivity index (χ3v) is 4.88. The molecule has 0 aliphatic carbocycles. The number of aryl methyl sites for hydroxylation is 1. The van der Waals surface area contributed by atoms with E-state index >= 15 is 0 Å². The lowest BCUT2D eigenvalue weighted by Crippen LogP contribution is -2.27. The zero-order valence-electron chi connectivity index (χ0n) is 11.6. The van der Waals surface area contributed by atoms with Crippen LogP contribution in [0.25, 0.3) is 0 Å². The van der Waals surface area contributed by atoms with Gasteiger partial charge in [0, 0.05) is 13.1 Å². The van der Waals surface area contributed by atoms with Crippen molar-refractivity contribution in [3.63, 3.8) is 0 Å². The van der Waals surface area contributed by atoms with Crippen molar-refractivity contribution < 1.29 is 13.3 Å². The molecule has 0 atom stereocenters. The minimum atomic E-state index is -3.84. The molecule has 2 aromatic carbocycles. The van der Waals surface area contributed by atoms with Crippen molar-refractivity contribution >= 4 is 21.4 Å². The highest BCUT2D eigenvalue weighted by atomic mass is 32.2. The summed E-state index contributed by atoms with van der Waals surface area (Å²) in [4.78, 5) is 10.5. The predicted octanol–water partition coefficient (Wildman–Crippen LogP) is 2.73. The number of nitrogens with zero attached hydrogens (tertiary/aromatic N) is 2. The molecule has 7 heteroatoms. The molecule has 0 spiro atoms. The highest BCUT2D eigenvalue weighted by Gasteiger charge is 2.26. The van der Waals surface area contributed by atoms with Crippen LogP contribution in [0.1, 0.15) is 5.56 Å². The lowest BCUT2D eigenvalue weighted by molar-refractivity contribution is -0.384. The van der Waals surface area contributed by atoms with E-state index in [-0.39, 0.29) is 16.3 Å². The summed E-state index contributed by atoms with van der Waals surface area (Å²) >= 11 is 0. The Bertz CT molecular complexity index is 770. The Morgan fingerprint density at radius 2 is 1.62 bits per heavy atom. The molecule has 0 N–H and O–H groups in total. The summed E-state index contributed by atoms with van der Waals surface area (Å²) in [5, 5.41) is 11.0. The van der Waals surface area contributed by atoms with Crippen molar-refractivity contribution in [1.29, 1.82) is 0 Å². The average molecular weight is 306 g/mol. The fraction of sp³-hybridized carbons (Fsp3) is 0.143. The third kappa shape index (κ3) is 2.87. The Kier molecular flexibility index (Phi) is 3.95. The number of hydrogen-bond acceptors (Lipinski definition) is 4. The van der Waals surface area contributed by atoms with Gasteiger partial charge in [0.15, 0.2) is 0 Å². The fourth-order valence-electron chi connectivity index (χ4n) is 1.88. The lowest BCUT2D eigenvalue weighted by atomic mass is 10.2. The minimum Gasteiger partial charge on any atom is -0.262 e. The van der Waals surface area contributed by atoms with Gasteiger partial charge < -0.3 is 0 Å². The highest BCUT2D eigenvalue weighted by molar-refractivity contribution is 7.92. The van der Waals surface area contributed by atoms with Gasteiger partial charge in [0.2, 0.25) is 0 Å². The summed E-state index contributed by atoms with van der Waals surface area (Å²) in [5.74, 6) is 0. The second-order valence-electron chi connectivity index (χ2n) is 4.53. The predicted molar refractivity (Wildman–Crippen MR) is 79.9 cm³/mol. The van der Waals surface area contributed by atoms with Gasteiger partial charge in [-0.2, -0.15) is 0 Å². The van der Waals surface area contributed by atoms with Crippen molar-refractivity contribution in [3.05, 3.63) is 64.2 Å². The summed E-state index contributed by atoms with van der Waals surface area (Å²) in [7, 11) is -2.53. The van der Waals surface area contributed by atoms with Gasteiger partial charge in [0.25, 0.3) is 15.7 Å². The summed E-state index contributed by atoms with van der Waals surface area (Å²) in [6.07, 6.45) is 0. The largest absolute Gasteiger partial charge is 0.293 e. The van der Waals surface area contributed by atoms with Crippen LogP contribution in [0.15, 0.2) is 53.4 Å². The Balaban J connectivity index is 2.51. The topological polar surface area (TPSA) is 80.5 Å². The zero-order chi connectivity index (χ0) is 15.6. The maximum absolute atomic E-state index is 12.5. The Morgan fingerprint density at radius 1 is 1.05 bits per heavy atom. The molecular formula is C14H14N2O4S. The second kappa shape index (κ2) is 5.53. The number of nitro benzene ring substituents is 1. The SMILES string of the molecule is Cc1ccc(S(=O)(=O)N(C)c2ccccc2[N+](=O)[O-])cc1. The van der Waals surface area contributed by atoms with E-state index in [1.54, 1.807) is 18.2 Å². The van der Waals surface area contributed by atoms with E-state index in [0.717, 1.165) is 9.87 Å². The summed E-state index contributed by atoms with van der Waals surface area (Å²) in [6.45, 7) is 1.85. The third-order valence-electron chi connectivity index (χ3n) is 3.10. The molecule has 0 radical (unpaired) electrons. The average Bonchev–Trinajstić information content (AvgIpc) is 2.46. The van der Waals surface area contributed by atoms with E-state index in [1.807, 2.05) is 6.92 Å². The Morgan fingerprint density at radius 3 is 2.19 bits per heavy atom. The van der Waals surface area contributed by atoms with E-state index in [0.29, 0.717) is 0 Å². The first kappa shape index (κ1) is 15.0. The van der Waals surface area contributed by atoms with Crippen LogP contribution in [-0.2, 0) is 10.0 Å². The number of benzene rings is 2. The quantitative estimate of drug-likeness (QED) is 0.642. The van der Waals surface area contributed by atoms with Crippen LogP contribution in [-0.4, -0.2) is 20.4 Å². The normalized spacial score (nSPS) is 11.1. The molecule has 2 rings (SSSR count). The summed E-state index contributed by atoms with van der Waals surface area (Å²) in [5.41, 5.74) is 0.709.